The summed E-state index contributed by atoms with van der Waals surface area (Å²) in [5.41, 5.74) is 5.32. The number of rotatable bonds is 4. The molecule has 0 saturated carbocycles. The lowest BCUT2D eigenvalue weighted by Gasteiger charge is -2.03. The number of benzene rings is 1. The van der Waals surface area contributed by atoms with Crippen LogP contribution in [0.3, 0.4) is 0 Å². The number of carbonyl (C=O) groups is 1. The number of amidine groups is 1. The summed E-state index contributed by atoms with van der Waals surface area (Å²) in [4.78, 5) is 21.3. The molecule has 0 radical (unpaired) electrons. The van der Waals surface area contributed by atoms with Crippen LogP contribution in [0.2, 0.25) is 0 Å². The molecule has 0 atom stereocenters. The van der Waals surface area contributed by atoms with E-state index in [0.717, 1.165) is 11.8 Å². The molecule has 1 rings (SSSR count). The van der Waals surface area contributed by atoms with Gasteiger partial charge in [0.1, 0.15) is 0 Å². The number of anilines is 1. The molecule has 1 aromatic rings. The highest BCUT2D eigenvalue weighted by molar-refractivity contribution is 8.14. The van der Waals surface area contributed by atoms with Crippen LogP contribution >= 0.6 is 24.2 Å². The van der Waals surface area contributed by atoms with Crippen LogP contribution in [-0.2, 0) is 4.79 Å². The van der Waals surface area contributed by atoms with E-state index in [4.69, 9.17) is 11.1 Å². The van der Waals surface area contributed by atoms with E-state index in [1.165, 1.54) is 18.2 Å². The molecule has 0 fully saturated rings. The number of nitro benzene ring substituents is 1. The number of hydrogen-bond donors (Lipinski definition) is 3. The summed E-state index contributed by atoms with van der Waals surface area (Å²) in [6, 6.07) is 5.62. The Morgan fingerprint density at radius 2 is 2.22 bits per heavy atom. The first-order valence-electron chi connectivity index (χ1n) is 4.50. The third kappa shape index (κ3) is 5.51. The van der Waals surface area contributed by atoms with Gasteiger partial charge in [-0.3, -0.25) is 20.3 Å². The second kappa shape index (κ2) is 7.51. The van der Waals surface area contributed by atoms with Gasteiger partial charge in [-0.2, -0.15) is 0 Å². The van der Waals surface area contributed by atoms with Gasteiger partial charge in [-0.1, -0.05) is 17.8 Å². The molecule has 1 amide bonds. The second-order valence-corrected chi connectivity index (χ2v) is 4.03. The number of nitrogens with zero attached hydrogens (tertiary/aromatic N) is 1. The Kier molecular flexibility index (Phi) is 6.76. The van der Waals surface area contributed by atoms with Crippen molar-refractivity contribution >= 4 is 46.6 Å². The van der Waals surface area contributed by atoms with Crippen LogP contribution in [0.1, 0.15) is 0 Å². The van der Waals surface area contributed by atoms with Crippen molar-refractivity contribution < 1.29 is 9.72 Å². The van der Waals surface area contributed by atoms with Gasteiger partial charge >= 0.3 is 0 Å². The normalized spacial score (nSPS) is 9.11. The topological polar surface area (TPSA) is 122 Å². The third-order valence-corrected chi connectivity index (χ3v) is 2.42. The van der Waals surface area contributed by atoms with E-state index in [0.29, 0.717) is 5.69 Å². The Morgan fingerprint density at radius 1 is 1.56 bits per heavy atom. The summed E-state index contributed by atoms with van der Waals surface area (Å²) >= 11 is 0.884. The van der Waals surface area contributed by atoms with Crippen molar-refractivity contribution in [3.05, 3.63) is 34.4 Å². The Balaban J connectivity index is 0.00000289. The van der Waals surface area contributed by atoms with Gasteiger partial charge in [0.05, 0.1) is 10.7 Å². The van der Waals surface area contributed by atoms with Crippen LogP contribution in [0.5, 0.6) is 0 Å². The van der Waals surface area contributed by atoms with Gasteiger partial charge < -0.3 is 11.1 Å². The minimum atomic E-state index is -0.542. The second-order valence-electron chi connectivity index (χ2n) is 3.01. The lowest BCUT2D eigenvalue weighted by Crippen LogP contribution is -2.17. The van der Waals surface area contributed by atoms with Gasteiger partial charge in [0, 0.05) is 17.8 Å². The molecule has 18 heavy (non-hydrogen) atoms. The number of nitro groups is 1. The standard InChI is InChI=1S/C9H10N4O3S.ClH/c10-9(11)17-5-8(14)12-6-2-1-3-7(4-6)13(15)16;/h1-4H,5H2,(H3,10,11)(H,12,14);1H. The van der Waals surface area contributed by atoms with Gasteiger partial charge in [0.2, 0.25) is 5.91 Å². The molecule has 4 N–H and O–H groups in total. The highest BCUT2D eigenvalue weighted by atomic mass is 35.5. The minimum Gasteiger partial charge on any atom is -0.379 e. The van der Waals surface area contributed by atoms with Gasteiger partial charge in [-0.05, 0) is 6.07 Å². The van der Waals surface area contributed by atoms with Crippen molar-refractivity contribution in [2.24, 2.45) is 5.73 Å². The van der Waals surface area contributed by atoms with E-state index in [1.807, 2.05) is 0 Å². The van der Waals surface area contributed by atoms with Gasteiger partial charge in [-0.15, -0.1) is 12.4 Å². The number of non-ortho nitro benzene ring substituents is 1. The fourth-order valence-electron chi connectivity index (χ4n) is 1.04. The number of nitrogens with two attached hydrogens (primary N) is 1. The highest BCUT2D eigenvalue weighted by Crippen LogP contribution is 2.17. The van der Waals surface area contributed by atoms with E-state index in [2.05, 4.69) is 5.32 Å². The van der Waals surface area contributed by atoms with Crippen LogP contribution in [0.15, 0.2) is 24.3 Å². The van der Waals surface area contributed by atoms with Crippen molar-refractivity contribution in [1.82, 2.24) is 0 Å². The summed E-state index contributed by atoms with van der Waals surface area (Å²) in [6.45, 7) is 0. The molecule has 1 aromatic carbocycles. The number of hydrogen-bond acceptors (Lipinski definition) is 5. The molecule has 0 aliphatic carbocycles. The van der Waals surface area contributed by atoms with Crippen molar-refractivity contribution in [2.45, 2.75) is 0 Å². The lowest BCUT2D eigenvalue weighted by molar-refractivity contribution is -0.384. The van der Waals surface area contributed by atoms with Crippen LogP contribution < -0.4 is 11.1 Å². The number of nitrogens with one attached hydrogen (secondary N) is 2. The molecule has 0 aliphatic rings. The van der Waals surface area contributed by atoms with Crippen LogP contribution in [-0.4, -0.2) is 21.8 Å². The molecular formula is C9H11ClN4O3S. The van der Waals surface area contributed by atoms with Gasteiger partial charge in [0.25, 0.3) is 5.69 Å². The quantitative estimate of drug-likeness (QED) is 0.336. The van der Waals surface area contributed by atoms with Gasteiger partial charge in [0.15, 0.2) is 5.17 Å². The fourth-order valence-corrected chi connectivity index (χ4v) is 1.40. The van der Waals surface area contributed by atoms with Crippen LogP contribution in [0.4, 0.5) is 11.4 Å². The third-order valence-electron chi connectivity index (χ3n) is 1.70. The van der Waals surface area contributed by atoms with Crippen molar-refractivity contribution in [3.8, 4) is 0 Å². The maximum absolute atomic E-state index is 11.3. The van der Waals surface area contributed by atoms with Crippen molar-refractivity contribution in [1.29, 1.82) is 5.41 Å². The SMILES string of the molecule is Cl.N=C(N)SCC(=O)Nc1cccc([N+](=O)[O-])c1. The number of carbonyl (C=O) groups excluding carboxylic acids is 1. The van der Waals surface area contributed by atoms with E-state index >= 15 is 0 Å². The van der Waals surface area contributed by atoms with Crippen LogP contribution in [0, 0.1) is 15.5 Å². The smallest absolute Gasteiger partial charge is 0.271 e. The summed E-state index contributed by atoms with van der Waals surface area (Å²) in [7, 11) is 0. The molecule has 0 unspecified atom stereocenters. The average molecular weight is 291 g/mol. The first-order chi connectivity index (χ1) is 7.99. The maximum atomic E-state index is 11.3. The zero-order valence-electron chi connectivity index (χ0n) is 9.08. The van der Waals surface area contributed by atoms with E-state index in [1.54, 1.807) is 6.07 Å². The molecule has 98 valence electrons. The molecule has 0 heterocycles. The molecule has 0 aliphatic heterocycles. The molecule has 9 heteroatoms. The van der Waals surface area contributed by atoms with Crippen molar-refractivity contribution in [3.63, 3.8) is 0 Å². The van der Waals surface area contributed by atoms with E-state index in [9.17, 15) is 14.9 Å². The predicted molar refractivity (Wildman–Crippen MR) is 73.3 cm³/mol. The largest absolute Gasteiger partial charge is 0.379 e. The Labute approximate surface area is 113 Å². The van der Waals surface area contributed by atoms with Crippen LogP contribution in [0.25, 0.3) is 0 Å². The number of halogens is 1. The van der Waals surface area contributed by atoms with Crippen molar-refractivity contribution in [2.75, 3.05) is 11.1 Å². The van der Waals surface area contributed by atoms with E-state index < -0.39 is 4.92 Å². The lowest BCUT2D eigenvalue weighted by atomic mass is 10.3. The molecule has 7 nitrogen and oxygen atoms in total. The zero-order chi connectivity index (χ0) is 12.8. The molecule has 0 aromatic heterocycles. The Hall–Kier alpha value is -1.80. The first-order valence-corrected chi connectivity index (χ1v) is 5.48. The summed E-state index contributed by atoms with van der Waals surface area (Å²) < 4.78 is 0. The Bertz CT molecular complexity index is 469. The summed E-state index contributed by atoms with van der Waals surface area (Å²) in [6.07, 6.45) is 0. The summed E-state index contributed by atoms with van der Waals surface area (Å²) in [5, 5.41) is 19.7. The highest BCUT2D eigenvalue weighted by Gasteiger charge is 2.08. The number of thioether (sulfide) groups is 1. The minimum absolute atomic E-state index is 0. The monoisotopic (exact) mass is 290 g/mol. The molecule has 0 bridgehead atoms. The molecular weight excluding hydrogens is 280 g/mol. The zero-order valence-corrected chi connectivity index (χ0v) is 10.7. The Morgan fingerprint density at radius 3 is 2.78 bits per heavy atom. The summed E-state index contributed by atoms with van der Waals surface area (Å²) in [5.74, 6) is -0.372. The number of amides is 1. The fraction of sp³-hybridized carbons (Fsp3) is 0.111. The van der Waals surface area contributed by atoms with E-state index in [-0.39, 0.29) is 34.9 Å². The molecule has 0 saturated heterocycles. The molecule has 0 spiro atoms. The van der Waals surface area contributed by atoms with Gasteiger partial charge in [-0.25, -0.2) is 0 Å². The maximum Gasteiger partial charge on any atom is 0.271 e. The average Bonchev–Trinajstić information content (AvgIpc) is 2.26. The predicted octanol–water partition coefficient (Wildman–Crippen LogP) is 1.58. The first kappa shape index (κ1) is 16.2.